The summed E-state index contributed by atoms with van der Waals surface area (Å²) in [5.74, 6) is -1.01. The van der Waals surface area contributed by atoms with Crippen LogP contribution in [-0.4, -0.2) is 23.1 Å². The van der Waals surface area contributed by atoms with Crippen LogP contribution in [-0.2, 0) is 11.3 Å². The lowest BCUT2D eigenvalue weighted by atomic mass is 10.2. The summed E-state index contributed by atoms with van der Waals surface area (Å²) in [6, 6.07) is 6.22. The quantitative estimate of drug-likeness (QED) is 0.750. The van der Waals surface area contributed by atoms with Crippen molar-refractivity contribution in [3.05, 3.63) is 34.3 Å². The van der Waals surface area contributed by atoms with Gasteiger partial charge in [-0.05, 0) is 24.1 Å². The van der Waals surface area contributed by atoms with E-state index in [1.807, 2.05) is 31.2 Å². The minimum atomic E-state index is -1.01. The second-order valence-electron chi connectivity index (χ2n) is 4.14. The number of carboxylic acid groups (broad SMARTS) is 1. The monoisotopic (exact) mass is 328 g/mol. The highest BCUT2D eigenvalue weighted by atomic mass is 79.9. The van der Waals surface area contributed by atoms with E-state index < -0.39 is 18.0 Å². The molecule has 0 aliphatic rings. The molecule has 6 heteroatoms. The van der Waals surface area contributed by atoms with Crippen LogP contribution in [0.3, 0.4) is 0 Å². The van der Waals surface area contributed by atoms with E-state index in [2.05, 4.69) is 26.6 Å². The van der Waals surface area contributed by atoms with E-state index in [1.165, 1.54) is 0 Å². The third-order valence-electron chi connectivity index (χ3n) is 2.52. The minimum Gasteiger partial charge on any atom is -0.480 e. The van der Waals surface area contributed by atoms with E-state index in [4.69, 9.17) is 5.11 Å². The molecule has 1 atom stereocenters. The fourth-order valence-corrected chi connectivity index (χ4v) is 2.03. The van der Waals surface area contributed by atoms with Gasteiger partial charge in [0.25, 0.3) is 0 Å². The summed E-state index contributed by atoms with van der Waals surface area (Å²) in [6.45, 7) is 2.22. The number of halogens is 1. The van der Waals surface area contributed by atoms with Crippen LogP contribution in [0.5, 0.6) is 0 Å². The van der Waals surface area contributed by atoms with Gasteiger partial charge in [0, 0.05) is 11.0 Å². The van der Waals surface area contributed by atoms with Gasteiger partial charge in [-0.25, -0.2) is 9.59 Å². The molecule has 0 aliphatic carbocycles. The van der Waals surface area contributed by atoms with Crippen molar-refractivity contribution in [2.75, 3.05) is 0 Å². The highest BCUT2D eigenvalue weighted by Gasteiger charge is 2.18. The van der Waals surface area contributed by atoms with Crippen LogP contribution >= 0.6 is 15.9 Å². The minimum absolute atomic E-state index is 0.351. The van der Waals surface area contributed by atoms with E-state index >= 15 is 0 Å². The van der Waals surface area contributed by atoms with E-state index in [9.17, 15) is 9.59 Å². The Kier molecular flexibility index (Phi) is 6.35. The van der Waals surface area contributed by atoms with E-state index in [1.54, 1.807) is 0 Å². The Bertz CT molecular complexity index is 451. The lowest BCUT2D eigenvalue weighted by Crippen LogP contribution is -2.45. The van der Waals surface area contributed by atoms with Gasteiger partial charge in [0.2, 0.25) is 0 Å². The Morgan fingerprint density at radius 3 is 2.74 bits per heavy atom. The van der Waals surface area contributed by atoms with Crippen molar-refractivity contribution in [3.8, 4) is 0 Å². The number of hydrogen-bond donors (Lipinski definition) is 3. The zero-order chi connectivity index (χ0) is 14.3. The predicted molar refractivity (Wildman–Crippen MR) is 75.8 cm³/mol. The molecule has 0 heterocycles. The molecule has 2 amide bonds. The molecule has 104 valence electrons. The number of carbonyl (C=O) groups is 2. The van der Waals surface area contributed by atoms with Crippen LogP contribution in [0, 0.1) is 0 Å². The van der Waals surface area contributed by atoms with E-state index in [0.29, 0.717) is 19.4 Å². The van der Waals surface area contributed by atoms with E-state index in [-0.39, 0.29) is 0 Å². The fourth-order valence-electron chi connectivity index (χ4n) is 1.58. The van der Waals surface area contributed by atoms with Crippen LogP contribution in [0.15, 0.2) is 28.7 Å². The molecule has 1 aromatic rings. The molecular weight excluding hydrogens is 312 g/mol. The molecule has 0 fully saturated rings. The van der Waals surface area contributed by atoms with Gasteiger partial charge < -0.3 is 15.7 Å². The van der Waals surface area contributed by atoms with Gasteiger partial charge in [0.05, 0.1) is 0 Å². The number of rotatable bonds is 6. The molecule has 3 N–H and O–H groups in total. The van der Waals surface area contributed by atoms with Crippen molar-refractivity contribution in [2.24, 2.45) is 0 Å². The summed E-state index contributed by atoms with van der Waals surface area (Å²) >= 11 is 3.34. The van der Waals surface area contributed by atoms with Crippen LogP contribution in [0.1, 0.15) is 25.3 Å². The third-order valence-corrected chi connectivity index (χ3v) is 3.02. The Labute approximate surface area is 120 Å². The maximum Gasteiger partial charge on any atom is 0.326 e. The lowest BCUT2D eigenvalue weighted by molar-refractivity contribution is -0.139. The first-order valence-corrected chi connectivity index (χ1v) is 6.84. The standard InChI is InChI=1S/C13H17BrN2O3/c1-2-4-11(12(17)18)16-13(19)15-8-9-5-3-6-10(14)7-9/h3,5-7,11H,2,4,8H2,1H3,(H,17,18)(H2,15,16,19)/t11-/m0/s1. The summed E-state index contributed by atoms with van der Waals surface area (Å²) in [5, 5.41) is 14.0. The number of aliphatic carboxylic acids is 1. The molecule has 0 bridgehead atoms. The van der Waals surface area contributed by atoms with Crippen LogP contribution in [0.25, 0.3) is 0 Å². The largest absolute Gasteiger partial charge is 0.480 e. The molecule has 0 aliphatic heterocycles. The molecular formula is C13H17BrN2O3. The van der Waals surface area contributed by atoms with Gasteiger partial charge in [0.1, 0.15) is 6.04 Å². The third kappa shape index (κ3) is 5.74. The summed E-state index contributed by atoms with van der Waals surface area (Å²) in [7, 11) is 0. The Morgan fingerprint density at radius 2 is 2.16 bits per heavy atom. The second-order valence-corrected chi connectivity index (χ2v) is 5.05. The Hall–Kier alpha value is -1.56. The molecule has 0 radical (unpaired) electrons. The van der Waals surface area contributed by atoms with Crippen molar-refractivity contribution in [1.82, 2.24) is 10.6 Å². The first-order valence-electron chi connectivity index (χ1n) is 6.04. The topological polar surface area (TPSA) is 78.4 Å². The normalized spacial score (nSPS) is 11.7. The van der Waals surface area contributed by atoms with Crippen LogP contribution < -0.4 is 10.6 Å². The molecule has 1 rings (SSSR count). The van der Waals surface area contributed by atoms with Gasteiger partial charge in [-0.2, -0.15) is 0 Å². The average Bonchev–Trinajstić information content (AvgIpc) is 2.36. The number of amides is 2. The molecule has 0 aromatic heterocycles. The average molecular weight is 329 g/mol. The first-order chi connectivity index (χ1) is 9.02. The fraction of sp³-hybridized carbons (Fsp3) is 0.385. The van der Waals surface area contributed by atoms with Gasteiger partial charge in [0.15, 0.2) is 0 Å². The molecule has 5 nitrogen and oxygen atoms in total. The summed E-state index contributed by atoms with van der Waals surface area (Å²) < 4.78 is 0.932. The lowest BCUT2D eigenvalue weighted by Gasteiger charge is -2.14. The predicted octanol–water partition coefficient (Wildman–Crippen LogP) is 2.50. The molecule has 0 unspecified atom stereocenters. The SMILES string of the molecule is CCC[C@H](NC(=O)NCc1cccc(Br)c1)C(=O)O. The molecule has 0 saturated carbocycles. The van der Waals surface area contributed by atoms with Crippen molar-refractivity contribution >= 4 is 27.9 Å². The first kappa shape index (κ1) is 15.5. The molecule has 1 aromatic carbocycles. The summed E-state index contributed by atoms with van der Waals surface area (Å²) in [5.41, 5.74) is 0.937. The molecule has 0 saturated heterocycles. The highest BCUT2D eigenvalue weighted by Crippen LogP contribution is 2.11. The Balaban J connectivity index is 2.44. The van der Waals surface area contributed by atoms with Crippen molar-refractivity contribution in [3.63, 3.8) is 0 Å². The van der Waals surface area contributed by atoms with Crippen molar-refractivity contribution in [1.29, 1.82) is 0 Å². The summed E-state index contributed by atoms with van der Waals surface area (Å²) in [6.07, 6.45) is 1.11. The van der Waals surface area contributed by atoms with Gasteiger partial charge in [-0.1, -0.05) is 41.4 Å². The second kappa shape index (κ2) is 7.78. The van der Waals surface area contributed by atoms with Crippen molar-refractivity contribution in [2.45, 2.75) is 32.4 Å². The van der Waals surface area contributed by atoms with E-state index in [0.717, 1.165) is 10.0 Å². The zero-order valence-corrected chi connectivity index (χ0v) is 12.2. The summed E-state index contributed by atoms with van der Waals surface area (Å²) in [4.78, 5) is 22.5. The number of nitrogens with one attached hydrogen (secondary N) is 2. The van der Waals surface area contributed by atoms with Gasteiger partial charge in [-0.3, -0.25) is 0 Å². The molecule has 19 heavy (non-hydrogen) atoms. The van der Waals surface area contributed by atoms with Crippen LogP contribution in [0.4, 0.5) is 4.79 Å². The van der Waals surface area contributed by atoms with Crippen LogP contribution in [0.2, 0.25) is 0 Å². The van der Waals surface area contributed by atoms with Gasteiger partial charge >= 0.3 is 12.0 Å². The zero-order valence-electron chi connectivity index (χ0n) is 10.6. The maximum absolute atomic E-state index is 11.6. The van der Waals surface area contributed by atoms with Gasteiger partial charge in [-0.15, -0.1) is 0 Å². The highest BCUT2D eigenvalue weighted by molar-refractivity contribution is 9.10. The molecule has 0 spiro atoms. The number of carbonyl (C=O) groups excluding carboxylic acids is 1. The number of urea groups is 1. The Morgan fingerprint density at radius 1 is 1.42 bits per heavy atom. The number of carboxylic acids is 1. The smallest absolute Gasteiger partial charge is 0.326 e. The number of benzene rings is 1. The maximum atomic E-state index is 11.6. The number of hydrogen-bond acceptors (Lipinski definition) is 2. The van der Waals surface area contributed by atoms with Crippen molar-refractivity contribution < 1.29 is 14.7 Å².